The van der Waals surface area contributed by atoms with Crippen molar-refractivity contribution in [3.8, 4) is 0 Å². The first-order valence-electron chi connectivity index (χ1n) is 13.9. The molecule has 1 unspecified atom stereocenters. The Balaban J connectivity index is -0.000000120. The van der Waals surface area contributed by atoms with Crippen molar-refractivity contribution in [2.24, 2.45) is 35.5 Å². The summed E-state index contributed by atoms with van der Waals surface area (Å²) in [5, 5.41) is 77.9. The van der Waals surface area contributed by atoms with Crippen molar-refractivity contribution < 1.29 is 46.0 Å². The zero-order valence-electron chi connectivity index (χ0n) is 26.9. The number of aliphatic hydroxyl groups excluding tert-OH is 7. The lowest BCUT2D eigenvalue weighted by Crippen LogP contribution is -2.34. The van der Waals surface area contributed by atoms with Gasteiger partial charge in [0.2, 0.25) is 0 Å². The van der Waals surface area contributed by atoms with Crippen molar-refractivity contribution >= 4 is 0 Å². The minimum Gasteiger partial charge on any atom is -0.396 e. The molecule has 9 N–H and O–H groups in total. The van der Waals surface area contributed by atoms with Crippen LogP contribution in [0.3, 0.4) is 0 Å². The molecule has 238 valence electrons. The van der Waals surface area contributed by atoms with Gasteiger partial charge in [-0.15, -0.1) is 0 Å². The van der Waals surface area contributed by atoms with E-state index in [0.29, 0.717) is 18.4 Å². The number of rotatable bonds is 11. The van der Waals surface area contributed by atoms with Gasteiger partial charge in [0.15, 0.2) is 0 Å². The highest BCUT2D eigenvalue weighted by molar-refractivity contribution is 4.74. The van der Waals surface area contributed by atoms with Gasteiger partial charge < -0.3 is 46.0 Å². The summed E-state index contributed by atoms with van der Waals surface area (Å²) in [6, 6.07) is 0. The molecule has 0 aliphatic heterocycles. The summed E-state index contributed by atoms with van der Waals surface area (Å²) in [5.41, 5.74) is -1.81. The molecular formula is C29H68O9. The quantitative estimate of drug-likeness (QED) is 0.183. The van der Waals surface area contributed by atoms with Gasteiger partial charge in [-0.3, -0.25) is 0 Å². The van der Waals surface area contributed by atoms with E-state index in [9.17, 15) is 0 Å². The lowest BCUT2D eigenvalue weighted by atomic mass is 9.94. The molecule has 0 radical (unpaired) electrons. The molecule has 0 aliphatic carbocycles. The maximum Gasteiger partial charge on any atom is 0.0872 e. The van der Waals surface area contributed by atoms with Crippen LogP contribution in [0, 0.1) is 35.5 Å². The average Bonchev–Trinajstić information content (AvgIpc) is 2.84. The Morgan fingerprint density at radius 1 is 0.500 bits per heavy atom. The maximum atomic E-state index is 9.15. The molecule has 0 bridgehead atoms. The third-order valence-corrected chi connectivity index (χ3v) is 6.74. The fourth-order valence-electron chi connectivity index (χ4n) is 1.60. The SMILES string of the molecule is CC(C)[C@@H](O)CO.CC(C)[C@@](C)(O)CO.CC(C)[C@H](O)CO.CC(C)[C@](C)(O)CO.CCC(CO)C(C)C. The van der Waals surface area contributed by atoms with Crippen molar-refractivity contribution in [3.05, 3.63) is 0 Å². The molecule has 0 aromatic heterocycles. The van der Waals surface area contributed by atoms with Gasteiger partial charge in [-0.25, -0.2) is 0 Å². The van der Waals surface area contributed by atoms with Crippen molar-refractivity contribution in [3.63, 3.8) is 0 Å². The van der Waals surface area contributed by atoms with E-state index in [0.717, 1.165) is 6.42 Å². The molecule has 0 aromatic rings. The molecule has 0 heterocycles. The zero-order valence-corrected chi connectivity index (χ0v) is 26.9. The van der Waals surface area contributed by atoms with Crippen LogP contribution in [0.15, 0.2) is 0 Å². The van der Waals surface area contributed by atoms with Crippen LogP contribution in [0.4, 0.5) is 0 Å². The molecule has 9 heteroatoms. The summed E-state index contributed by atoms with van der Waals surface area (Å²) in [6.07, 6.45) is 0.00810. The Bertz CT molecular complexity index is 427. The largest absolute Gasteiger partial charge is 0.396 e. The third-order valence-electron chi connectivity index (χ3n) is 6.74. The fourth-order valence-corrected chi connectivity index (χ4v) is 1.60. The summed E-state index contributed by atoms with van der Waals surface area (Å²) in [7, 11) is 0. The zero-order chi connectivity index (χ0) is 31.9. The van der Waals surface area contributed by atoms with Crippen LogP contribution in [0.1, 0.15) is 96.4 Å². The molecule has 0 fully saturated rings. The lowest BCUT2D eigenvalue weighted by molar-refractivity contribution is -0.0351. The summed E-state index contributed by atoms with van der Waals surface area (Å²) >= 11 is 0. The van der Waals surface area contributed by atoms with Gasteiger partial charge in [0.05, 0.1) is 49.8 Å². The molecule has 5 atom stereocenters. The molecule has 0 saturated carbocycles. The van der Waals surface area contributed by atoms with Gasteiger partial charge in [-0.2, -0.15) is 0 Å². The molecule has 0 amide bonds. The van der Waals surface area contributed by atoms with Crippen LogP contribution in [0.2, 0.25) is 0 Å². The monoisotopic (exact) mass is 560 g/mol. The van der Waals surface area contributed by atoms with E-state index in [1.807, 2.05) is 55.4 Å². The first kappa shape index (κ1) is 47.4. The van der Waals surface area contributed by atoms with E-state index in [-0.39, 0.29) is 50.1 Å². The molecule has 0 aliphatic rings. The van der Waals surface area contributed by atoms with Gasteiger partial charge in [-0.05, 0) is 49.4 Å². The van der Waals surface area contributed by atoms with E-state index < -0.39 is 23.4 Å². The Labute approximate surface area is 234 Å². The van der Waals surface area contributed by atoms with E-state index >= 15 is 0 Å². The Kier molecular flexibility index (Phi) is 33.5. The topological polar surface area (TPSA) is 182 Å². The average molecular weight is 561 g/mol. The fraction of sp³-hybridized carbons (Fsp3) is 1.00. The molecule has 9 nitrogen and oxygen atoms in total. The van der Waals surface area contributed by atoms with Gasteiger partial charge in [-0.1, -0.05) is 82.6 Å². The third kappa shape index (κ3) is 30.2. The smallest absolute Gasteiger partial charge is 0.0872 e. The predicted molar refractivity (Wildman–Crippen MR) is 157 cm³/mol. The first-order valence-corrected chi connectivity index (χ1v) is 13.9. The number of hydrogen-bond donors (Lipinski definition) is 9. The first-order chi connectivity index (χ1) is 17.1. The summed E-state index contributed by atoms with van der Waals surface area (Å²) < 4.78 is 0. The van der Waals surface area contributed by atoms with E-state index in [4.69, 9.17) is 46.0 Å². The molecule has 0 saturated heterocycles. The Morgan fingerprint density at radius 2 is 0.763 bits per heavy atom. The Morgan fingerprint density at radius 3 is 0.763 bits per heavy atom. The van der Waals surface area contributed by atoms with E-state index in [1.165, 1.54) is 0 Å². The van der Waals surface area contributed by atoms with Crippen LogP contribution in [-0.2, 0) is 0 Å². The molecule has 0 spiro atoms. The van der Waals surface area contributed by atoms with Gasteiger partial charge >= 0.3 is 0 Å². The van der Waals surface area contributed by atoms with Crippen LogP contribution in [-0.4, -0.2) is 102 Å². The van der Waals surface area contributed by atoms with Gasteiger partial charge in [0.1, 0.15) is 0 Å². The van der Waals surface area contributed by atoms with Crippen molar-refractivity contribution in [2.75, 3.05) is 33.0 Å². The van der Waals surface area contributed by atoms with Crippen molar-refractivity contribution in [2.45, 2.75) is 120 Å². The number of hydrogen-bond acceptors (Lipinski definition) is 9. The van der Waals surface area contributed by atoms with Crippen LogP contribution in [0.25, 0.3) is 0 Å². The minimum atomic E-state index is -0.903. The summed E-state index contributed by atoms with van der Waals surface area (Å²) in [4.78, 5) is 0. The number of aliphatic hydroxyl groups is 9. The predicted octanol–water partition coefficient (Wildman–Crippen LogP) is 2.42. The van der Waals surface area contributed by atoms with Crippen LogP contribution in [0.5, 0.6) is 0 Å². The van der Waals surface area contributed by atoms with E-state index in [1.54, 1.807) is 13.8 Å². The molecular weight excluding hydrogens is 492 g/mol. The van der Waals surface area contributed by atoms with Crippen LogP contribution < -0.4 is 0 Å². The second-order valence-electron chi connectivity index (χ2n) is 11.9. The Hall–Kier alpha value is -0.360. The van der Waals surface area contributed by atoms with Crippen molar-refractivity contribution in [1.29, 1.82) is 0 Å². The second kappa shape index (κ2) is 26.8. The minimum absolute atomic E-state index is 0.118. The molecule has 38 heavy (non-hydrogen) atoms. The standard InChI is InChI=1S/C7H16O.2C6H14O2.2C5H12O2/c1-4-7(5-8)6(2)3;2*1-5(2)6(3,8)4-7;2*1-4(2)5(7)3-6/h6-8H,4-5H2,1-3H3;2*5,7-8H,4H2,1-3H3;2*4-7H,3H2,1-2H3/t;2*6-;2*5-/m.1010/s1. The molecule has 0 aromatic carbocycles. The summed E-state index contributed by atoms with van der Waals surface area (Å²) in [6.45, 7) is 24.3. The second-order valence-corrected chi connectivity index (χ2v) is 11.9. The highest BCUT2D eigenvalue weighted by atomic mass is 16.3. The normalized spacial score (nSPS) is 16.5. The van der Waals surface area contributed by atoms with E-state index in [2.05, 4.69) is 20.8 Å². The lowest BCUT2D eigenvalue weighted by Gasteiger charge is -2.24. The van der Waals surface area contributed by atoms with Gasteiger partial charge in [0.25, 0.3) is 0 Å². The highest BCUT2D eigenvalue weighted by Crippen LogP contribution is 2.14. The van der Waals surface area contributed by atoms with Gasteiger partial charge in [0, 0.05) is 6.61 Å². The highest BCUT2D eigenvalue weighted by Gasteiger charge is 2.23. The molecule has 0 rings (SSSR count). The van der Waals surface area contributed by atoms with Crippen LogP contribution >= 0.6 is 0 Å². The maximum absolute atomic E-state index is 9.15. The van der Waals surface area contributed by atoms with Crippen molar-refractivity contribution in [1.82, 2.24) is 0 Å². The summed E-state index contributed by atoms with van der Waals surface area (Å²) in [5.74, 6) is 1.72.